The van der Waals surface area contributed by atoms with Crippen LogP contribution in [0.4, 0.5) is 5.69 Å². The van der Waals surface area contributed by atoms with E-state index in [-0.39, 0.29) is 11.9 Å². The summed E-state index contributed by atoms with van der Waals surface area (Å²) in [5.74, 6) is 1.05. The highest BCUT2D eigenvalue weighted by molar-refractivity contribution is 5.96. The Kier molecular flexibility index (Phi) is 5.38. The van der Waals surface area contributed by atoms with E-state index >= 15 is 0 Å². The molecule has 1 saturated heterocycles. The maximum absolute atomic E-state index is 12.1. The first kappa shape index (κ1) is 14.8. The van der Waals surface area contributed by atoms with Crippen molar-refractivity contribution in [2.45, 2.75) is 19.9 Å². The monoisotopic (exact) mass is 278 g/mol. The van der Waals surface area contributed by atoms with Gasteiger partial charge in [0, 0.05) is 6.54 Å². The molecular formula is C15H22N2O3. The lowest BCUT2D eigenvalue weighted by molar-refractivity contribution is -0.120. The topological polar surface area (TPSA) is 59.6 Å². The molecule has 1 aromatic carbocycles. The first-order valence-corrected chi connectivity index (χ1v) is 7.00. The van der Waals surface area contributed by atoms with E-state index in [1.165, 1.54) is 0 Å². The van der Waals surface area contributed by atoms with Crippen LogP contribution in [-0.2, 0) is 9.53 Å². The highest BCUT2D eigenvalue weighted by atomic mass is 16.5. The predicted molar refractivity (Wildman–Crippen MR) is 78.0 cm³/mol. The number of amides is 1. The average molecular weight is 278 g/mol. The predicted octanol–water partition coefficient (Wildman–Crippen LogP) is 1.65. The number of carbonyl (C=O) groups is 1. The van der Waals surface area contributed by atoms with Crippen molar-refractivity contribution in [3.63, 3.8) is 0 Å². The van der Waals surface area contributed by atoms with E-state index in [0.29, 0.717) is 43.7 Å². The summed E-state index contributed by atoms with van der Waals surface area (Å²) in [6, 6.07) is 7.18. The van der Waals surface area contributed by atoms with Gasteiger partial charge in [0.15, 0.2) is 0 Å². The molecule has 1 amide bonds. The molecule has 0 spiro atoms. The molecule has 5 heteroatoms. The van der Waals surface area contributed by atoms with E-state index in [1.807, 2.05) is 24.3 Å². The molecule has 1 atom stereocenters. The van der Waals surface area contributed by atoms with Crippen LogP contribution in [0.3, 0.4) is 0 Å². The van der Waals surface area contributed by atoms with Crippen LogP contribution in [0.25, 0.3) is 0 Å². The number of morpholine rings is 1. The van der Waals surface area contributed by atoms with Gasteiger partial charge in [0.05, 0.1) is 25.5 Å². The van der Waals surface area contributed by atoms with Crippen LogP contribution < -0.4 is 15.4 Å². The number of benzene rings is 1. The zero-order valence-corrected chi connectivity index (χ0v) is 12.0. The number of anilines is 1. The van der Waals surface area contributed by atoms with E-state index in [1.54, 1.807) is 0 Å². The molecule has 110 valence electrons. The standard InChI is InChI=1S/C15H22N2O3/c1-11(2)9-20-14-6-4-3-5-12(14)17-15(18)13-10-19-8-7-16-13/h3-6,11,13,16H,7-10H2,1-2H3,(H,17,18). The highest BCUT2D eigenvalue weighted by Gasteiger charge is 2.22. The summed E-state index contributed by atoms with van der Waals surface area (Å²) in [5.41, 5.74) is 0.700. The van der Waals surface area contributed by atoms with Gasteiger partial charge in [-0.1, -0.05) is 26.0 Å². The van der Waals surface area contributed by atoms with Crippen LogP contribution in [0.1, 0.15) is 13.8 Å². The molecule has 0 aromatic heterocycles. The van der Waals surface area contributed by atoms with Crippen LogP contribution >= 0.6 is 0 Å². The van der Waals surface area contributed by atoms with Gasteiger partial charge < -0.3 is 20.1 Å². The number of carbonyl (C=O) groups excluding carboxylic acids is 1. The fraction of sp³-hybridized carbons (Fsp3) is 0.533. The molecule has 0 radical (unpaired) electrons. The van der Waals surface area contributed by atoms with Crippen LogP contribution in [0.5, 0.6) is 5.75 Å². The second-order valence-electron chi connectivity index (χ2n) is 5.27. The molecule has 1 aliphatic heterocycles. The molecule has 0 bridgehead atoms. The van der Waals surface area contributed by atoms with Gasteiger partial charge in [-0.25, -0.2) is 0 Å². The Balaban J connectivity index is 1.98. The third-order valence-corrected chi connectivity index (χ3v) is 2.96. The quantitative estimate of drug-likeness (QED) is 0.860. The Bertz CT molecular complexity index is 442. The van der Waals surface area contributed by atoms with Crippen LogP contribution in [0, 0.1) is 5.92 Å². The molecule has 0 aliphatic carbocycles. The molecule has 2 N–H and O–H groups in total. The maximum Gasteiger partial charge on any atom is 0.244 e. The summed E-state index contributed by atoms with van der Waals surface area (Å²) in [5, 5.41) is 6.03. The highest BCUT2D eigenvalue weighted by Crippen LogP contribution is 2.24. The largest absolute Gasteiger partial charge is 0.491 e. The molecule has 1 fully saturated rings. The Hall–Kier alpha value is -1.59. The van der Waals surface area contributed by atoms with E-state index in [4.69, 9.17) is 9.47 Å². The van der Waals surface area contributed by atoms with E-state index < -0.39 is 0 Å². The van der Waals surface area contributed by atoms with Crippen molar-refractivity contribution in [1.29, 1.82) is 0 Å². The van der Waals surface area contributed by atoms with Gasteiger partial charge in [0.1, 0.15) is 11.8 Å². The fourth-order valence-corrected chi connectivity index (χ4v) is 1.91. The van der Waals surface area contributed by atoms with Crippen molar-refractivity contribution in [2.24, 2.45) is 5.92 Å². The van der Waals surface area contributed by atoms with E-state index in [0.717, 1.165) is 0 Å². The zero-order chi connectivity index (χ0) is 14.4. The summed E-state index contributed by atoms with van der Waals surface area (Å²) in [7, 11) is 0. The lowest BCUT2D eigenvalue weighted by atomic mass is 10.2. The summed E-state index contributed by atoms with van der Waals surface area (Å²) < 4.78 is 11.0. The van der Waals surface area contributed by atoms with Gasteiger partial charge >= 0.3 is 0 Å². The number of para-hydroxylation sites is 2. The van der Waals surface area contributed by atoms with Gasteiger partial charge in [0.25, 0.3) is 0 Å². The normalized spacial score (nSPS) is 18.9. The molecule has 1 heterocycles. The van der Waals surface area contributed by atoms with Gasteiger partial charge in [-0.3, -0.25) is 4.79 Å². The summed E-state index contributed by atoms with van der Waals surface area (Å²) >= 11 is 0. The van der Waals surface area contributed by atoms with Crippen LogP contribution in [0.15, 0.2) is 24.3 Å². The molecule has 20 heavy (non-hydrogen) atoms. The minimum Gasteiger partial charge on any atom is -0.491 e. The number of rotatable bonds is 5. The maximum atomic E-state index is 12.1. The van der Waals surface area contributed by atoms with Gasteiger partial charge in [-0.2, -0.15) is 0 Å². The van der Waals surface area contributed by atoms with Gasteiger partial charge in [0.2, 0.25) is 5.91 Å². The molecule has 1 unspecified atom stereocenters. The third-order valence-electron chi connectivity index (χ3n) is 2.96. The van der Waals surface area contributed by atoms with Crippen molar-refractivity contribution in [2.75, 3.05) is 31.7 Å². The molecule has 1 aromatic rings. The Labute approximate surface area is 119 Å². The second kappa shape index (κ2) is 7.26. The summed E-state index contributed by atoms with van der Waals surface area (Å²) in [4.78, 5) is 12.1. The molecule has 5 nitrogen and oxygen atoms in total. The lowest BCUT2D eigenvalue weighted by Gasteiger charge is -2.23. The molecular weight excluding hydrogens is 256 g/mol. The van der Waals surface area contributed by atoms with Crippen molar-refractivity contribution in [3.05, 3.63) is 24.3 Å². The average Bonchev–Trinajstić information content (AvgIpc) is 2.47. The SMILES string of the molecule is CC(C)COc1ccccc1NC(=O)C1COCCN1. The fourth-order valence-electron chi connectivity index (χ4n) is 1.91. The first-order chi connectivity index (χ1) is 9.66. The number of nitrogens with one attached hydrogen (secondary N) is 2. The molecule has 1 aliphatic rings. The Morgan fingerprint density at radius 2 is 2.30 bits per heavy atom. The van der Waals surface area contributed by atoms with Gasteiger partial charge in [-0.15, -0.1) is 0 Å². The minimum atomic E-state index is -0.304. The Morgan fingerprint density at radius 1 is 1.50 bits per heavy atom. The summed E-state index contributed by atoms with van der Waals surface area (Å²) in [6.45, 7) is 6.55. The molecule has 0 saturated carbocycles. The van der Waals surface area contributed by atoms with E-state index in [2.05, 4.69) is 24.5 Å². The summed E-state index contributed by atoms with van der Waals surface area (Å²) in [6.07, 6.45) is 0. The van der Waals surface area contributed by atoms with Gasteiger partial charge in [-0.05, 0) is 18.1 Å². The second-order valence-corrected chi connectivity index (χ2v) is 5.27. The minimum absolute atomic E-state index is 0.0923. The Morgan fingerprint density at radius 3 is 3.00 bits per heavy atom. The molecule has 2 rings (SSSR count). The number of hydrogen-bond acceptors (Lipinski definition) is 4. The zero-order valence-electron chi connectivity index (χ0n) is 12.0. The number of hydrogen-bond donors (Lipinski definition) is 2. The third kappa shape index (κ3) is 4.21. The number of ether oxygens (including phenoxy) is 2. The van der Waals surface area contributed by atoms with E-state index in [9.17, 15) is 4.79 Å². The van der Waals surface area contributed by atoms with Crippen molar-refractivity contribution >= 4 is 11.6 Å². The lowest BCUT2D eigenvalue weighted by Crippen LogP contribution is -2.48. The van der Waals surface area contributed by atoms with Crippen LogP contribution in [-0.4, -0.2) is 38.3 Å². The van der Waals surface area contributed by atoms with Crippen molar-refractivity contribution in [3.8, 4) is 5.75 Å². The first-order valence-electron chi connectivity index (χ1n) is 7.00. The van der Waals surface area contributed by atoms with Crippen molar-refractivity contribution in [1.82, 2.24) is 5.32 Å². The van der Waals surface area contributed by atoms with Crippen LogP contribution in [0.2, 0.25) is 0 Å². The smallest absolute Gasteiger partial charge is 0.244 e. The van der Waals surface area contributed by atoms with Crippen molar-refractivity contribution < 1.29 is 14.3 Å².